The molecule has 0 radical (unpaired) electrons. The van der Waals surface area contributed by atoms with Crippen LogP contribution in [0, 0.1) is 0 Å². The third kappa shape index (κ3) is 1.76. The van der Waals surface area contributed by atoms with Gasteiger partial charge in [-0.25, -0.2) is 0 Å². The highest BCUT2D eigenvalue weighted by Crippen LogP contribution is 2.22. The highest BCUT2D eigenvalue weighted by atomic mass is 16.7. The minimum Gasteiger partial charge on any atom is -0.352 e. The van der Waals surface area contributed by atoms with Crippen molar-refractivity contribution < 1.29 is 14.3 Å². The maximum absolute atomic E-state index is 10.4. The second kappa shape index (κ2) is 3.68. The van der Waals surface area contributed by atoms with Crippen molar-refractivity contribution in [2.75, 3.05) is 13.4 Å². The summed E-state index contributed by atoms with van der Waals surface area (Å²) in [4.78, 5) is 10.4. The monoisotopic (exact) mass is 178 g/mol. The summed E-state index contributed by atoms with van der Waals surface area (Å²) in [5.74, 6) is 0. The second-order valence-corrected chi connectivity index (χ2v) is 2.93. The van der Waals surface area contributed by atoms with E-state index in [0.29, 0.717) is 19.0 Å². The molecule has 13 heavy (non-hydrogen) atoms. The van der Waals surface area contributed by atoms with Gasteiger partial charge in [-0.2, -0.15) is 0 Å². The van der Waals surface area contributed by atoms with Crippen LogP contribution in [0.3, 0.4) is 0 Å². The molecule has 2 rings (SSSR count). The van der Waals surface area contributed by atoms with Crippen LogP contribution in [0.1, 0.15) is 22.0 Å². The van der Waals surface area contributed by atoms with Crippen molar-refractivity contribution in [3.8, 4) is 0 Å². The first-order valence-electron chi connectivity index (χ1n) is 4.14. The lowest BCUT2D eigenvalue weighted by Gasteiger charge is -2.06. The van der Waals surface area contributed by atoms with Gasteiger partial charge < -0.3 is 9.47 Å². The summed E-state index contributed by atoms with van der Waals surface area (Å²) >= 11 is 0. The maximum Gasteiger partial charge on any atom is 0.150 e. The van der Waals surface area contributed by atoms with E-state index < -0.39 is 0 Å². The molecule has 0 aliphatic carbocycles. The molecule has 0 N–H and O–H groups in total. The summed E-state index contributed by atoms with van der Waals surface area (Å²) in [5, 5.41) is 0. The summed E-state index contributed by atoms with van der Waals surface area (Å²) in [6, 6.07) is 7.35. The smallest absolute Gasteiger partial charge is 0.150 e. The molecule has 1 aromatic carbocycles. The van der Waals surface area contributed by atoms with Gasteiger partial charge in [-0.3, -0.25) is 4.79 Å². The Morgan fingerprint density at radius 1 is 1.31 bits per heavy atom. The van der Waals surface area contributed by atoms with Crippen molar-refractivity contribution in [1.82, 2.24) is 0 Å². The van der Waals surface area contributed by atoms with Gasteiger partial charge in [0.25, 0.3) is 0 Å². The molecule has 3 heteroatoms. The van der Waals surface area contributed by atoms with Crippen LogP contribution < -0.4 is 0 Å². The van der Waals surface area contributed by atoms with E-state index in [1.54, 1.807) is 12.1 Å². The predicted molar refractivity (Wildman–Crippen MR) is 46.5 cm³/mol. The lowest BCUT2D eigenvalue weighted by atomic mass is 10.1. The number of benzene rings is 1. The Balaban J connectivity index is 2.16. The molecule has 68 valence electrons. The summed E-state index contributed by atoms with van der Waals surface area (Å²) in [7, 11) is 0. The van der Waals surface area contributed by atoms with Crippen molar-refractivity contribution >= 4 is 6.29 Å². The molecule has 1 atom stereocenters. The van der Waals surface area contributed by atoms with Gasteiger partial charge in [0.1, 0.15) is 19.2 Å². The van der Waals surface area contributed by atoms with Crippen molar-refractivity contribution in [1.29, 1.82) is 0 Å². The summed E-state index contributed by atoms with van der Waals surface area (Å²) in [6.45, 7) is 0.959. The average molecular weight is 178 g/mol. The number of ether oxygens (including phenoxy) is 2. The lowest BCUT2D eigenvalue weighted by molar-refractivity contribution is 0.0466. The average Bonchev–Trinajstić information content (AvgIpc) is 2.71. The fraction of sp³-hybridized carbons (Fsp3) is 0.300. The third-order valence-electron chi connectivity index (χ3n) is 2.07. The normalized spacial score (nSPS) is 21.7. The molecule has 0 aromatic heterocycles. The molecule has 0 amide bonds. The number of hydrogen-bond donors (Lipinski definition) is 0. The topological polar surface area (TPSA) is 35.5 Å². The Morgan fingerprint density at radius 3 is 2.62 bits per heavy atom. The Kier molecular flexibility index (Phi) is 2.38. The van der Waals surface area contributed by atoms with Crippen LogP contribution in [0.25, 0.3) is 0 Å². The van der Waals surface area contributed by atoms with Gasteiger partial charge in [-0.05, 0) is 5.56 Å². The number of carbonyl (C=O) groups excluding carboxylic acids is 1. The molecule has 1 fully saturated rings. The zero-order valence-electron chi connectivity index (χ0n) is 7.10. The van der Waals surface area contributed by atoms with Crippen LogP contribution >= 0.6 is 0 Å². The molecule has 0 saturated carbocycles. The van der Waals surface area contributed by atoms with Crippen molar-refractivity contribution in [2.24, 2.45) is 0 Å². The van der Waals surface area contributed by atoms with Crippen LogP contribution in [0.5, 0.6) is 0 Å². The van der Waals surface area contributed by atoms with Gasteiger partial charge in [0.2, 0.25) is 0 Å². The summed E-state index contributed by atoms with van der Waals surface area (Å²) in [5.41, 5.74) is 1.74. The minimum atomic E-state index is 0.0284. The quantitative estimate of drug-likeness (QED) is 0.644. The van der Waals surface area contributed by atoms with Gasteiger partial charge >= 0.3 is 0 Å². The minimum absolute atomic E-state index is 0.0284. The number of carbonyl (C=O) groups is 1. The number of rotatable bonds is 2. The zero-order valence-corrected chi connectivity index (χ0v) is 7.10. The molecule has 1 aliphatic rings. The Hall–Kier alpha value is -1.19. The Morgan fingerprint density at radius 2 is 2.08 bits per heavy atom. The first-order valence-corrected chi connectivity index (χ1v) is 4.14. The van der Waals surface area contributed by atoms with Gasteiger partial charge in [0.05, 0.1) is 6.61 Å². The standard InChI is InChI=1S/C10H10O3/c11-5-8-1-3-9(4-2-8)10-6-12-7-13-10/h1-5,10H,6-7H2. The predicted octanol–water partition coefficient (Wildman–Crippen LogP) is 1.54. The van der Waals surface area contributed by atoms with Gasteiger partial charge in [0.15, 0.2) is 0 Å². The number of hydrogen-bond acceptors (Lipinski definition) is 3. The SMILES string of the molecule is O=Cc1ccc(C2COCO2)cc1. The van der Waals surface area contributed by atoms with Crippen LogP contribution in [-0.4, -0.2) is 19.7 Å². The Bertz CT molecular complexity index is 286. The molecule has 1 saturated heterocycles. The van der Waals surface area contributed by atoms with E-state index in [-0.39, 0.29) is 6.10 Å². The highest BCUT2D eigenvalue weighted by molar-refractivity contribution is 5.74. The van der Waals surface area contributed by atoms with E-state index >= 15 is 0 Å². The molecule has 0 spiro atoms. The first-order chi connectivity index (χ1) is 6.40. The highest BCUT2D eigenvalue weighted by Gasteiger charge is 2.17. The summed E-state index contributed by atoms with van der Waals surface area (Å²) < 4.78 is 10.4. The first kappa shape index (κ1) is 8.41. The summed E-state index contributed by atoms with van der Waals surface area (Å²) in [6.07, 6.45) is 0.858. The molecular formula is C10H10O3. The molecule has 1 unspecified atom stereocenters. The van der Waals surface area contributed by atoms with Crippen LogP contribution in [-0.2, 0) is 9.47 Å². The molecule has 0 bridgehead atoms. The molecule has 1 aliphatic heterocycles. The maximum atomic E-state index is 10.4. The van der Waals surface area contributed by atoms with E-state index in [1.807, 2.05) is 12.1 Å². The van der Waals surface area contributed by atoms with Crippen molar-refractivity contribution in [3.63, 3.8) is 0 Å². The van der Waals surface area contributed by atoms with Crippen LogP contribution in [0.15, 0.2) is 24.3 Å². The van der Waals surface area contributed by atoms with Gasteiger partial charge in [-0.15, -0.1) is 0 Å². The van der Waals surface area contributed by atoms with E-state index in [2.05, 4.69) is 0 Å². The number of aldehydes is 1. The van der Waals surface area contributed by atoms with Gasteiger partial charge in [-0.1, -0.05) is 24.3 Å². The van der Waals surface area contributed by atoms with Crippen molar-refractivity contribution in [2.45, 2.75) is 6.10 Å². The lowest BCUT2D eigenvalue weighted by Crippen LogP contribution is -1.99. The molecule has 1 heterocycles. The van der Waals surface area contributed by atoms with Crippen LogP contribution in [0.4, 0.5) is 0 Å². The molecule has 3 nitrogen and oxygen atoms in total. The van der Waals surface area contributed by atoms with E-state index in [0.717, 1.165) is 11.8 Å². The Labute approximate surface area is 76.3 Å². The largest absolute Gasteiger partial charge is 0.352 e. The molecule has 1 aromatic rings. The van der Waals surface area contributed by atoms with E-state index in [1.165, 1.54) is 0 Å². The van der Waals surface area contributed by atoms with E-state index in [9.17, 15) is 4.79 Å². The molecular weight excluding hydrogens is 168 g/mol. The van der Waals surface area contributed by atoms with Crippen LogP contribution in [0.2, 0.25) is 0 Å². The van der Waals surface area contributed by atoms with E-state index in [4.69, 9.17) is 9.47 Å². The van der Waals surface area contributed by atoms with Gasteiger partial charge in [0, 0.05) is 5.56 Å². The second-order valence-electron chi connectivity index (χ2n) is 2.93. The fourth-order valence-electron chi connectivity index (χ4n) is 1.32. The third-order valence-corrected chi connectivity index (χ3v) is 2.07. The zero-order chi connectivity index (χ0) is 9.10. The van der Waals surface area contributed by atoms with Crippen molar-refractivity contribution in [3.05, 3.63) is 35.4 Å². The fourth-order valence-corrected chi connectivity index (χ4v) is 1.32.